The smallest absolute Gasteiger partial charge is 0.124 e. The molecular formula is C14H23NO3. The number of aliphatic hydroxyl groups is 1. The summed E-state index contributed by atoms with van der Waals surface area (Å²) in [6, 6.07) is 7.85. The van der Waals surface area contributed by atoms with Crippen LogP contribution in [0, 0.1) is 0 Å². The Morgan fingerprint density at radius 3 is 2.67 bits per heavy atom. The minimum atomic E-state index is -0.487. The zero-order chi connectivity index (χ0) is 13.4. The van der Waals surface area contributed by atoms with E-state index in [1.807, 2.05) is 31.2 Å². The van der Waals surface area contributed by atoms with Crippen LogP contribution in [0.15, 0.2) is 24.3 Å². The van der Waals surface area contributed by atoms with Crippen LogP contribution in [0.3, 0.4) is 0 Å². The van der Waals surface area contributed by atoms with Gasteiger partial charge in [0.1, 0.15) is 11.9 Å². The zero-order valence-corrected chi connectivity index (χ0v) is 11.3. The number of aliphatic hydroxyl groups excluding tert-OH is 1. The maximum atomic E-state index is 9.46. The van der Waals surface area contributed by atoms with Crippen molar-refractivity contribution >= 4 is 0 Å². The first-order chi connectivity index (χ1) is 8.65. The van der Waals surface area contributed by atoms with Gasteiger partial charge in [0.2, 0.25) is 0 Å². The maximum Gasteiger partial charge on any atom is 0.124 e. The normalized spacial score (nSPS) is 14.2. The second-order valence-electron chi connectivity index (χ2n) is 4.34. The molecule has 0 spiro atoms. The van der Waals surface area contributed by atoms with Gasteiger partial charge in [-0.15, -0.1) is 0 Å². The molecule has 102 valence electrons. The fraction of sp³-hybridized carbons (Fsp3) is 0.571. The van der Waals surface area contributed by atoms with Crippen LogP contribution in [0.1, 0.15) is 19.4 Å². The molecule has 0 amide bonds. The highest BCUT2D eigenvalue weighted by Crippen LogP contribution is 2.19. The van der Waals surface area contributed by atoms with Crippen molar-refractivity contribution in [3.05, 3.63) is 29.8 Å². The molecule has 0 saturated heterocycles. The molecule has 0 heterocycles. The largest absolute Gasteiger partial charge is 0.488 e. The van der Waals surface area contributed by atoms with Crippen molar-refractivity contribution in [2.24, 2.45) is 0 Å². The minimum Gasteiger partial charge on any atom is -0.488 e. The van der Waals surface area contributed by atoms with Crippen LogP contribution in [0.2, 0.25) is 0 Å². The van der Waals surface area contributed by atoms with Crippen LogP contribution in [-0.4, -0.2) is 37.6 Å². The van der Waals surface area contributed by atoms with E-state index in [2.05, 4.69) is 5.32 Å². The second-order valence-corrected chi connectivity index (χ2v) is 4.34. The molecule has 0 aromatic heterocycles. The first-order valence-corrected chi connectivity index (χ1v) is 6.27. The number of hydrogen-bond donors (Lipinski definition) is 2. The van der Waals surface area contributed by atoms with Gasteiger partial charge >= 0.3 is 0 Å². The molecule has 1 aromatic rings. The lowest BCUT2D eigenvalue weighted by Gasteiger charge is -2.19. The number of para-hydroxylation sites is 1. The number of rotatable bonds is 8. The summed E-state index contributed by atoms with van der Waals surface area (Å²) in [6.45, 7) is 5.81. The van der Waals surface area contributed by atoms with Crippen molar-refractivity contribution in [1.82, 2.24) is 5.32 Å². The lowest BCUT2D eigenvalue weighted by atomic mass is 10.2. The average molecular weight is 253 g/mol. The summed E-state index contributed by atoms with van der Waals surface area (Å²) in [4.78, 5) is 0. The van der Waals surface area contributed by atoms with Crippen molar-refractivity contribution in [3.8, 4) is 5.75 Å². The van der Waals surface area contributed by atoms with Crippen LogP contribution in [0.5, 0.6) is 5.75 Å². The fourth-order valence-corrected chi connectivity index (χ4v) is 1.46. The van der Waals surface area contributed by atoms with Gasteiger partial charge in [0.25, 0.3) is 0 Å². The zero-order valence-electron chi connectivity index (χ0n) is 11.3. The molecule has 18 heavy (non-hydrogen) atoms. The first-order valence-electron chi connectivity index (χ1n) is 6.27. The molecule has 4 nitrogen and oxygen atoms in total. The molecule has 0 radical (unpaired) electrons. The third-order valence-electron chi connectivity index (χ3n) is 2.76. The highest BCUT2D eigenvalue weighted by atomic mass is 16.5. The third-order valence-corrected chi connectivity index (χ3v) is 2.76. The minimum absolute atomic E-state index is 0.217. The van der Waals surface area contributed by atoms with E-state index < -0.39 is 6.10 Å². The number of nitrogens with one attached hydrogen (secondary N) is 1. The average Bonchev–Trinajstić information content (AvgIpc) is 2.36. The number of methoxy groups -OCH3 is 1. The molecule has 0 bridgehead atoms. The van der Waals surface area contributed by atoms with E-state index in [1.165, 1.54) is 0 Å². The summed E-state index contributed by atoms with van der Waals surface area (Å²) in [7, 11) is 1.68. The highest BCUT2D eigenvalue weighted by Gasteiger charge is 2.12. The van der Waals surface area contributed by atoms with Gasteiger partial charge < -0.3 is 19.9 Å². The van der Waals surface area contributed by atoms with Gasteiger partial charge in [-0.25, -0.2) is 0 Å². The van der Waals surface area contributed by atoms with Gasteiger partial charge in [-0.05, 0) is 19.9 Å². The molecule has 1 aromatic carbocycles. The van der Waals surface area contributed by atoms with E-state index in [0.29, 0.717) is 6.61 Å². The molecule has 2 N–H and O–H groups in total. The Labute approximate surface area is 109 Å². The van der Waals surface area contributed by atoms with Crippen molar-refractivity contribution in [2.75, 3.05) is 20.3 Å². The molecule has 0 aliphatic rings. The van der Waals surface area contributed by atoms with E-state index >= 15 is 0 Å². The van der Waals surface area contributed by atoms with Gasteiger partial charge in [-0.2, -0.15) is 0 Å². The Bertz CT molecular complexity index is 342. The predicted octanol–water partition coefficient (Wildman–Crippen LogP) is 1.57. The molecule has 0 aliphatic heterocycles. The molecular weight excluding hydrogens is 230 g/mol. The molecule has 4 heteroatoms. The Morgan fingerprint density at radius 2 is 2.00 bits per heavy atom. The summed E-state index contributed by atoms with van der Waals surface area (Å²) in [5, 5.41) is 12.7. The third kappa shape index (κ3) is 5.04. The van der Waals surface area contributed by atoms with E-state index in [9.17, 15) is 5.11 Å². The molecule has 0 fully saturated rings. The topological polar surface area (TPSA) is 50.7 Å². The van der Waals surface area contributed by atoms with E-state index in [-0.39, 0.29) is 6.10 Å². The van der Waals surface area contributed by atoms with Crippen molar-refractivity contribution in [2.45, 2.75) is 32.6 Å². The molecule has 0 saturated carbocycles. The van der Waals surface area contributed by atoms with E-state index in [0.717, 1.165) is 24.4 Å². The molecule has 1 rings (SSSR count). The summed E-state index contributed by atoms with van der Waals surface area (Å²) < 4.78 is 10.7. The standard InChI is InChI=1S/C14H23NO3/c1-11(16)12(2)18-14-7-5-4-6-13(14)10-15-8-9-17-3/h4-7,11-12,15-16H,8-10H2,1-3H3. The fourth-order valence-electron chi connectivity index (χ4n) is 1.46. The molecule has 2 atom stereocenters. The van der Waals surface area contributed by atoms with E-state index in [1.54, 1.807) is 14.0 Å². The van der Waals surface area contributed by atoms with Gasteiger partial charge in [0.05, 0.1) is 12.7 Å². The van der Waals surface area contributed by atoms with Crippen LogP contribution in [0.25, 0.3) is 0 Å². The van der Waals surface area contributed by atoms with Crippen LogP contribution in [0.4, 0.5) is 0 Å². The highest BCUT2D eigenvalue weighted by molar-refractivity contribution is 5.33. The summed E-state index contributed by atoms with van der Waals surface area (Å²) >= 11 is 0. The predicted molar refractivity (Wildman–Crippen MR) is 71.8 cm³/mol. The Morgan fingerprint density at radius 1 is 1.28 bits per heavy atom. The Balaban J connectivity index is 2.56. The number of hydrogen-bond acceptors (Lipinski definition) is 4. The number of ether oxygens (including phenoxy) is 2. The monoisotopic (exact) mass is 253 g/mol. The lowest BCUT2D eigenvalue weighted by molar-refractivity contribution is 0.0597. The van der Waals surface area contributed by atoms with Crippen LogP contribution < -0.4 is 10.1 Å². The Kier molecular flexibility index (Phi) is 6.72. The van der Waals surface area contributed by atoms with Crippen molar-refractivity contribution < 1.29 is 14.6 Å². The SMILES string of the molecule is COCCNCc1ccccc1OC(C)C(C)O. The van der Waals surface area contributed by atoms with Gasteiger partial charge in [-0.3, -0.25) is 0 Å². The Hall–Kier alpha value is -1.10. The summed E-state index contributed by atoms with van der Waals surface area (Å²) in [6.07, 6.45) is -0.704. The van der Waals surface area contributed by atoms with Gasteiger partial charge in [-0.1, -0.05) is 18.2 Å². The summed E-state index contributed by atoms with van der Waals surface area (Å²) in [5.41, 5.74) is 1.08. The van der Waals surface area contributed by atoms with Gasteiger partial charge in [0, 0.05) is 25.8 Å². The van der Waals surface area contributed by atoms with Crippen LogP contribution in [-0.2, 0) is 11.3 Å². The first kappa shape index (κ1) is 15.0. The lowest BCUT2D eigenvalue weighted by Crippen LogP contribution is -2.26. The van der Waals surface area contributed by atoms with Crippen molar-refractivity contribution in [3.63, 3.8) is 0 Å². The second kappa shape index (κ2) is 8.08. The maximum absolute atomic E-state index is 9.46. The van der Waals surface area contributed by atoms with E-state index in [4.69, 9.17) is 9.47 Å². The quantitative estimate of drug-likeness (QED) is 0.691. The van der Waals surface area contributed by atoms with Crippen molar-refractivity contribution in [1.29, 1.82) is 0 Å². The number of benzene rings is 1. The van der Waals surface area contributed by atoms with Crippen LogP contribution >= 0.6 is 0 Å². The molecule has 2 unspecified atom stereocenters. The van der Waals surface area contributed by atoms with Gasteiger partial charge in [0.15, 0.2) is 0 Å². The summed E-state index contributed by atoms with van der Waals surface area (Å²) in [5.74, 6) is 0.816. The molecule has 0 aliphatic carbocycles.